The Labute approximate surface area is 173 Å². The molecule has 0 fully saturated rings. The first-order chi connectivity index (χ1) is 13.4. The van der Waals surface area contributed by atoms with Gasteiger partial charge in [-0.15, -0.1) is 10.2 Å². The molecule has 0 aliphatic carbocycles. The molecule has 0 aliphatic rings. The van der Waals surface area contributed by atoms with E-state index in [9.17, 15) is 8.42 Å². The van der Waals surface area contributed by atoms with Gasteiger partial charge in [0.15, 0.2) is 0 Å². The van der Waals surface area contributed by atoms with E-state index < -0.39 is 10.0 Å². The molecule has 2 aromatic carbocycles. The molecule has 0 spiro atoms. The Hall–Kier alpha value is -2.35. The van der Waals surface area contributed by atoms with Crippen molar-refractivity contribution in [3.8, 4) is 17.1 Å². The van der Waals surface area contributed by atoms with Crippen molar-refractivity contribution in [3.63, 3.8) is 0 Å². The largest absolute Gasteiger partial charge is 0.477 e. The number of rotatable bonds is 7. The van der Waals surface area contributed by atoms with Crippen LogP contribution in [0.3, 0.4) is 0 Å². The Kier molecular flexibility index (Phi) is 6.39. The fourth-order valence-corrected chi connectivity index (χ4v) is 3.80. The van der Waals surface area contributed by atoms with E-state index in [0.717, 1.165) is 6.42 Å². The molecule has 0 aliphatic heterocycles. The fourth-order valence-electron chi connectivity index (χ4n) is 2.36. The molecule has 3 rings (SSSR count). The van der Waals surface area contributed by atoms with Crippen LogP contribution in [0.25, 0.3) is 11.3 Å². The topological polar surface area (TPSA) is 81.2 Å². The standard InChI is InChI=1S/C19H17Cl2N3O3S/c1-2-10-27-19-9-8-18(22-23-19)13-4-3-5-14(11-13)24-28(25,26)15-6-7-16(20)17(21)12-15/h3-9,11-12,24H,2,10H2,1H3. The molecule has 0 amide bonds. The molecule has 1 aromatic heterocycles. The van der Waals surface area contributed by atoms with E-state index in [2.05, 4.69) is 14.9 Å². The number of nitrogens with zero attached hydrogens (tertiary/aromatic N) is 2. The van der Waals surface area contributed by atoms with Gasteiger partial charge in [0.2, 0.25) is 5.88 Å². The highest BCUT2D eigenvalue weighted by Crippen LogP contribution is 2.27. The molecule has 28 heavy (non-hydrogen) atoms. The monoisotopic (exact) mass is 437 g/mol. The summed E-state index contributed by atoms with van der Waals surface area (Å²) in [5.74, 6) is 0.446. The van der Waals surface area contributed by atoms with Crippen LogP contribution in [-0.2, 0) is 10.0 Å². The highest BCUT2D eigenvalue weighted by Gasteiger charge is 2.16. The van der Waals surface area contributed by atoms with Crippen molar-refractivity contribution < 1.29 is 13.2 Å². The number of hydrogen-bond acceptors (Lipinski definition) is 5. The van der Waals surface area contributed by atoms with Crippen LogP contribution in [0.4, 0.5) is 5.69 Å². The van der Waals surface area contributed by atoms with Crippen LogP contribution in [0.5, 0.6) is 5.88 Å². The summed E-state index contributed by atoms with van der Waals surface area (Å²) in [7, 11) is -3.82. The number of ether oxygens (including phenoxy) is 1. The van der Waals surface area contributed by atoms with Crippen molar-refractivity contribution >= 4 is 38.9 Å². The Morgan fingerprint density at radius 2 is 1.82 bits per heavy atom. The molecule has 0 atom stereocenters. The van der Waals surface area contributed by atoms with Crippen molar-refractivity contribution in [2.24, 2.45) is 0 Å². The fraction of sp³-hybridized carbons (Fsp3) is 0.158. The predicted molar refractivity (Wildman–Crippen MR) is 111 cm³/mol. The van der Waals surface area contributed by atoms with Crippen LogP contribution in [0, 0.1) is 0 Å². The van der Waals surface area contributed by atoms with E-state index in [0.29, 0.717) is 29.4 Å². The lowest BCUT2D eigenvalue weighted by Gasteiger charge is -2.10. The maximum absolute atomic E-state index is 12.6. The summed E-state index contributed by atoms with van der Waals surface area (Å²) in [6, 6.07) is 14.5. The number of halogens is 2. The van der Waals surface area contributed by atoms with Gasteiger partial charge in [0.25, 0.3) is 10.0 Å². The van der Waals surface area contributed by atoms with Gasteiger partial charge in [-0.05, 0) is 42.8 Å². The zero-order valence-electron chi connectivity index (χ0n) is 14.9. The first-order valence-electron chi connectivity index (χ1n) is 8.44. The summed E-state index contributed by atoms with van der Waals surface area (Å²) in [5, 5.41) is 8.61. The molecule has 6 nitrogen and oxygen atoms in total. The molecule has 0 radical (unpaired) electrons. The molecule has 146 valence electrons. The molecule has 0 unspecified atom stereocenters. The van der Waals surface area contributed by atoms with Gasteiger partial charge < -0.3 is 4.74 Å². The van der Waals surface area contributed by atoms with Crippen LogP contribution < -0.4 is 9.46 Å². The second-order valence-electron chi connectivity index (χ2n) is 5.87. The lowest BCUT2D eigenvalue weighted by atomic mass is 10.1. The summed E-state index contributed by atoms with van der Waals surface area (Å²) in [6.45, 7) is 2.58. The van der Waals surface area contributed by atoms with Gasteiger partial charge >= 0.3 is 0 Å². The second-order valence-corrected chi connectivity index (χ2v) is 8.36. The number of hydrogen-bond donors (Lipinski definition) is 1. The van der Waals surface area contributed by atoms with E-state index in [1.165, 1.54) is 18.2 Å². The number of aromatic nitrogens is 2. The van der Waals surface area contributed by atoms with E-state index in [-0.39, 0.29) is 14.9 Å². The highest BCUT2D eigenvalue weighted by atomic mass is 35.5. The summed E-state index contributed by atoms with van der Waals surface area (Å²) >= 11 is 11.8. The molecule has 9 heteroatoms. The quantitative estimate of drug-likeness (QED) is 0.559. The highest BCUT2D eigenvalue weighted by molar-refractivity contribution is 7.92. The van der Waals surface area contributed by atoms with Gasteiger partial charge in [-0.25, -0.2) is 8.42 Å². The van der Waals surface area contributed by atoms with Crippen LogP contribution in [-0.4, -0.2) is 25.2 Å². The molecule has 0 saturated heterocycles. The zero-order valence-corrected chi connectivity index (χ0v) is 17.2. The lowest BCUT2D eigenvalue weighted by Crippen LogP contribution is -2.13. The minimum absolute atomic E-state index is 0.0181. The van der Waals surface area contributed by atoms with Crippen LogP contribution >= 0.6 is 23.2 Å². The summed E-state index contributed by atoms with van der Waals surface area (Å²) in [4.78, 5) is 0.0181. The van der Waals surface area contributed by atoms with Gasteiger partial charge in [-0.1, -0.05) is 42.3 Å². The van der Waals surface area contributed by atoms with Crippen molar-refractivity contribution in [2.45, 2.75) is 18.2 Å². The number of benzene rings is 2. The van der Waals surface area contributed by atoms with Crippen LogP contribution in [0.1, 0.15) is 13.3 Å². The summed E-state index contributed by atoms with van der Waals surface area (Å²) in [6.07, 6.45) is 0.879. The van der Waals surface area contributed by atoms with E-state index in [1.54, 1.807) is 30.3 Å². The summed E-state index contributed by atoms with van der Waals surface area (Å²) < 4.78 is 33.1. The third-order valence-corrected chi connectivity index (χ3v) is 5.82. The first kappa shape index (κ1) is 20.4. The van der Waals surface area contributed by atoms with Crippen LogP contribution in [0.2, 0.25) is 10.0 Å². The maximum atomic E-state index is 12.6. The van der Waals surface area contributed by atoms with E-state index in [4.69, 9.17) is 27.9 Å². The molecular formula is C19H17Cl2N3O3S. The SMILES string of the molecule is CCCOc1ccc(-c2cccc(NS(=O)(=O)c3ccc(Cl)c(Cl)c3)c2)nn1. The summed E-state index contributed by atoms with van der Waals surface area (Å²) in [5.41, 5.74) is 1.69. The van der Waals surface area contributed by atoms with Gasteiger partial charge in [0.05, 0.1) is 27.2 Å². The smallest absolute Gasteiger partial charge is 0.261 e. The third kappa shape index (κ3) is 4.92. The molecule has 3 aromatic rings. The average molecular weight is 438 g/mol. The number of nitrogens with one attached hydrogen (secondary N) is 1. The Balaban J connectivity index is 1.82. The van der Waals surface area contributed by atoms with E-state index in [1.807, 2.05) is 13.0 Å². The Morgan fingerprint density at radius 3 is 2.50 bits per heavy atom. The lowest BCUT2D eigenvalue weighted by molar-refractivity contribution is 0.302. The Bertz CT molecular complexity index is 1070. The maximum Gasteiger partial charge on any atom is 0.261 e. The van der Waals surface area contributed by atoms with Crippen LogP contribution in [0.15, 0.2) is 59.5 Å². The van der Waals surface area contributed by atoms with Gasteiger partial charge in [-0.2, -0.15) is 0 Å². The molecular weight excluding hydrogens is 421 g/mol. The second kappa shape index (κ2) is 8.77. The third-order valence-electron chi connectivity index (χ3n) is 3.71. The molecule has 0 bridgehead atoms. The van der Waals surface area contributed by atoms with Crippen molar-refractivity contribution in [1.82, 2.24) is 10.2 Å². The van der Waals surface area contributed by atoms with Crippen molar-refractivity contribution in [2.75, 3.05) is 11.3 Å². The minimum Gasteiger partial charge on any atom is -0.477 e. The zero-order chi connectivity index (χ0) is 20.1. The van der Waals surface area contributed by atoms with Gasteiger partial charge in [0, 0.05) is 17.3 Å². The van der Waals surface area contributed by atoms with Gasteiger partial charge in [-0.3, -0.25) is 4.72 Å². The van der Waals surface area contributed by atoms with Crippen molar-refractivity contribution in [3.05, 3.63) is 64.6 Å². The Morgan fingerprint density at radius 1 is 1.00 bits per heavy atom. The number of sulfonamides is 1. The number of anilines is 1. The minimum atomic E-state index is -3.82. The van der Waals surface area contributed by atoms with Gasteiger partial charge in [0.1, 0.15) is 0 Å². The average Bonchev–Trinajstić information content (AvgIpc) is 2.68. The molecule has 0 saturated carbocycles. The predicted octanol–water partition coefficient (Wildman–Crippen LogP) is 5.04. The first-order valence-corrected chi connectivity index (χ1v) is 10.7. The van der Waals surface area contributed by atoms with E-state index >= 15 is 0 Å². The molecule has 1 N–H and O–H groups in total. The normalized spacial score (nSPS) is 11.2. The van der Waals surface area contributed by atoms with Crippen molar-refractivity contribution in [1.29, 1.82) is 0 Å². The molecule has 1 heterocycles.